The lowest BCUT2D eigenvalue weighted by Gasteiger charge is -2.19. The van der Waals surface area contributed by atoms with Crippen molar-refractivity contribution in [2.75, 3.05) is 5.32 Å². The number of aromatic nitrogens is 1. The molecular weight excluding hydrogens is 296 g/mol. The highest BCUT2D eigenvalue weighted by atomic mass is 16.6. The summed E-state index contributed by atoms with van der Waals surface area (Å²) in [5.41, 5.74) is 2.56. The molecule has 23 heavy (non-hydrogen) atoms. The topological polar surface area (TPSA) is 110 Å². The van der Waals surface area contributed by atoms with Crippen LogP contribution in [0.15, 0.2) is 17.2 Å². The van der Waals surface area contributed by atoms with E-state index in [0.29, 0.717) is 22.2 Å². The number of amides is 1. The van der Waals surface area contributed by atoms with Crippen molar-refractivity contribution in [3.05, 3.63) is 29.0 Å². The van der Waals surface area contributed by atoms with Gasteiger partial charge in [0.15, 0.2) is 6.29 Å². The highest BCUT2D eigenvalue weighted by Gasteiger charge is 2.18. The highest BCUT2D eigenvalue weighted by molar-refractivity contribution is 6.09. The molecule has 122 valence electrons. The van der Waals surface area contributed by atoms with Gasteiger partial charge in [0.05, 0.1) is 6.21 Å². The predicted octanol–water partition coefficient (Wildman–Crippen LogP) is 2.93. The Hall–Kier alpha value is -2.83. The molecule has 7 nitrogen and oxygen atoms in total. The van der Waals surface area contributed by atoms with Crippen LogP contribution in [0.2, 0.25) is 0 Å². The van der Waals surface area contributed by atoms with Crippen molar-refractivity contribution in [1.29, 1.82) is 0 Å². The first-order valence-electron chi connectivity index (χ1n) is 7.10. The normalized spacial score (nSPS) is 11.8. The Labute approximate surface area is 133 Å². The fraction of sp³-hybridized carbons (Fsp3) is 0.312. The number of aryl methyl sites for hydroxylation is 1. The zero-order chi connectivity index (χ0) is 17.2. The Morgan fingerprint density at radius 1 is 1.39 bits per heavy atom. The number of hydrazone groups is 1. The molecule has 0 fully saturated rings. The first-order chi connectivity index (χ1) is 10.7. The van der Waals surface area contributed by atoms with Crippen LogP contribution < -0.4 is 11.2 Å². The van der Waals surface area contributed by atoms with E-state index < -0.39 is 11.7 Å². The van der Waals surface area contributed by atoms with Gasteiger partial charge in [-0.05, 0) is 39.8 Å². The Kier molecular flexibility index (Phi) is 4.40. The summed E-state index contributed by atoms with van der Waals surface area (Å²) in [6.45, 7) is 7.19. The van der Waals surface area contributed by atoms with E-state index in [-0.39, 0.29) is 0 Å². The van der Waals surface area contributed by atoms with Crippen molar-refractivity contribution in [3.63, 3.8) is 0 Å². The average molecular weight is 316 g/mol. The smallest absolute Gasteiger partial charge is 0.412 e. The summed E-state index contributed by atoms with van der Waals surface area (Å²) < 4.78 is 5.21. The van der Waals surface area contributed by atoms with Gasteiger partial charge in [-0.15, -0.1) is 0 Å². The van der Waals surface area contributed by atoms with Gasteiger partial charge in [0.1, 0.15) is 5.60 Å². The van der Waals surface area contributed by atoms with Crippen LogP contribution in [0.4, 0.5) is 10.5 Å². The fourth-order valence-corrected chi connectivity index (χ4v) is 2.34. The molecule has 1 aromatic carbocycles. The second kappa shape index (κ2) is 6.12. The standard InChI is InChI=1S/C16H20N4O3/c1-9-12(7-18-17)14-10(8-21)5-11(6-13(14)19-9)20-15(22)23-16(2,3)4/h5-8,19H,17H2,1-4H3,(H,20,22)/b18-7-. The summed E-state index contributed by atoms with van der Waals surface area (Å²) in [5.74, 6) is 5.22. The van der Waals surface area contributed by atoms with Gasteiger partial charge in [0, 0.05) is 33.4 Å². The zero-order valence-corrected chi connectivity index (χ0v) is 13.6. The molecule has 0 aliphatic rings. The molecule has 2 aromatic rings. The zero-order valence-electron chi connectivity index (χ0n) is 13.6. The molecule has 0 aliphatic carbocycles. The number of carbonyl (C=O) groups is 2. The van der Waals surface area contributed by atoms with E-state index in [4.69, 9.17) is 10.6 Å². The molecule has 1 amide bonds. The molecule has 1 heterocycles. The number of anilines is 1. The maximum Gasteiger partial charge on any atom is 0.412 e. The van der Waals surface area contributed by atoms with Gasteiger partial charge < -0.3 is 15.6 Å². The molecule has 0 unspecified atom stereocenters. The van der Waals surface area contributed by atoms with E-state index in [0.717, 1.165) is 17.5 Å². The number of nitrogens with two attached hydrogens (primary N) is 1. The number of aromatic amines is 1. The van der Waals surface area contributed by atoms with Crippen LogP contribution in [0.25, 0.3) is 10.9 Å². The Morgan fingerprint density at radius 3 is 2.65 bits per heavy atom. The number of nitrogens with zero attached hydrogens (tertiary/aromatic N) is 1. The van der Waals surface area contributed by atoms with E-state index in [1.807, 2.05) is 6.92 Å². The number of aldehydes is 1. The third kappa shape index (κ3) is 3.68. The minimum absolute atomic E-state index is 0.424. The molecule has 0 spiro atoms. The van der Waals surface area contributed by atoms with Crippen LogP contribution in [0.1, 0.15) is 42.4 Å². The van der Waals surface area contributed by atoms with E-state index in [2.05, 4.69) is 15.4 Å². The second-order valence-electron chi connectivity index (χ2n) is 6.17. The number of H-pyrrole nitrogens is 1. The molecule has 0 bridgehead atoms. The third-order valence-electron chi connectivity index (χ3n) is 3.14. The monoisotopic (exact) mass is 316 g/mol. The largest absolute Gasteiger partial charge is 0.444 e. The Morgan fingerprint density at radius 2 is 2.09 bits per heavy atom. The third-order valence-corrected chi connectivity index (χ3v) is 3.14. The lowest BCUT2D eigenvalue weighted by Crippen LogP contribution is -2.27. The summed E-state index contributed by atoms with van der Waals surface area (Å²) in [6, 6.07) is 3.31. The van der Waals surface area contributed by atoms with Crippen LogP contribution in [-0.4, -0.2) is 29.2 Å². The molecule has 0 radical (unpaired) electrons. The maximum atomic E-state index is 11.9. The minimum Gasteiger partial charge on any atom is -0.444 e. The molecule has 0 saturated heterocycles. The molecule has 0 saturated carbocycles. The van der Waals surface area contributed by atoms with E-state index in [1.165, 1.54) is 6.21 Å². The average Bonchev–Trinajstić information content (AvgIpc) is 2.72. The van der Waals surface area contributed by atoms with Crippen LogP contribution in [-0.2, 0) is 4.74 Å². The molecule has 4 N–H and O–H groups in total. The van der Waals surface area contributed by atoms with E-state index in [9.17, 15) is 9.59 Å². The molecular formula is C16H20N4O3. The van der Waals surface area contributed by atoms with Crippen LogP contribution >= 0.6 is 0 Å². The van der Waals surface area contributed by atoms with E-state index in [1.54, 1.807) is 32.9 Å². The van der Waals surface area contributed by atoms with Gasteiger partial charge in [-0.1, -0.05) is 0 Å². The molecule has 1 aromatic heterocycles. The van der Waals surface area contributed by atoms with Crippen molar-refractivity contribution in [3.8, 4) is 0 Å². The second-order valence-corrected chi connectivity index (χ2v) is 6.17. The number of hydrogen-bond acceptors (Lipinski definition) is 5. The van der Waals surface area contributed by atoms with Gasteiger partial charge in [0.2, 0.25) is 0 Å². The molecule has 7 heteroatoms. The van der Waals surface area contributed by atoms with Crippen LogP contribution in [0.5, 0.6) is 0 Å². The first kappa shape index (κ1) is 16.5. The van der Waals surface area contributed by atoms with Gasteiger partial charge in [-0.3, -0.25) is 10.1 Å². The number of fused-ring (bicyclic) bond motifs is 1. The number of rotatable bonds is 3. The number of ether oxygens (including phenoxy) is 1. The van der Waals surface area contributed by atoms with Crippen molar-refractivity contribution < 1.29 is 14.3 Å². The van der Waals surface area contributed by atoms with Gasteiger partial charge in [0.25, 0.3) is 0 Å². The maximum absolute atomic E-state index is 11.9. The summed E-state index contributed by atoms with van der Waals surface area (Å²) in [5, 5.41) is 6.86. The van der Waals surface area contributed by atoms with Gasteiger partial charge in [-0.2, -0.15) is 5.10 Å². The molecule has 0 atom stereocenters. The van der Waals surface area contributed by atoms with Crippen molar-refractivity contribution in [2.24, 2.45) is 10.9 Å². The first-order valence-corrected chi connectivity index (χ1v) is 7.10. The number of hydrogen-bond donors (Lipinski definition) is 3. The van der Waals surface area contributed by atoms with Crippen molar-refractivity contribution in [1.82, 2.24) is 4.98 Å². The Bertz CT molecular complexity index is 785. The summed E-state index contributed by atoms with van der Waals surface area (Å²) in [7, 11) is 0. The highest BCUT2D eigenvalue weighted by Crippen LogP contribution is 2.27. The van der Waals surface area contributed by atoms with Crippen molar-refractivity contribution in [2.45, 2.75) is 33.3 Å². The number of carbonyl (C=O) groups excluding carboxylic acids is 2. The van der Waals surface area contributed by atoms with Crippen LogP contribution in [0, 0.1) is 6.92 Å². The molecule has 0 aliphatic heterocycles. The lowest BCUT2D eigenvalue weighted by molar-refractivity contribution is 0.0635. The summed E-state index contributed by atoms with van der Waals surface area (Å²) in [4.78, 5) is 26.4. The van der Waals surface area contributed by atoms with E-state index >= 15 is 0 Å². The van der Waals surface area contributed by atoms with Gasteiger partial charge >= 0.3 is 6.09 Å². The van der Waals surface area contributed by atoms with Crippen LogP contribution in [0.3, 0.4) is 0 Å². The minimum atomic E-state index is -0.602. The SMILES string of the molecule is Cc1[nH]c2cc(NC(=O)OC(C)(C)C)cc(C=O)c2c1/C=N\N. The van der Waals surface area contributed by atoms with Crippen molar-refractivity contribution >= 4 is 35.2 Å². The Balaban J connectivity index is 2.45. The lowest BCUT2D eigenvalue weighted by atomic mass is 10.1. The fourth-order valence-electron chi connectivity index (χ4n) is 2.34. The molecule has 2 rings (SSSR count). The summed E-state index contributed by atoms with van der Waals surface area (Å²) in [6.07, 6.45) is 1.63. The van der Waals surface area contributed by atoms with Gasteiger partial charge in [-0.25, -0.2) is 4.79 Å². The quantitative estimate of drug-likeness (QED) is 0.350. The number of nitrogens with one attached hydrogen (secondary N) is 2. The predicted molar refractivity (Wildman–Crippen MR) is 90.1 cm³/mol. The summed E-state index contributed by atoms with van der Waals surface area (Å²) >= 11 is 0. The number of benzene rings is 1.